The van der Waals surface area contributed by atoms with Gasteiger partial charge in [0.15, 0.2) is 0 Å². The molecule has 0 amide bonds. The molecule has 0 saturated carbocycles. The van der Waals surface area contributed by atoms with Crippen LogP contribution in [0.1, 0.15) is 24.9 Å². The molecule has 0 bridgehead atoms. The van der Waals surface area contributed by atoms with Crippen LogP contribution in [0.5, 0.6) is 5.75 Å². The second-order valence-electron chi connectivity index (χ2n) is 4.47. The molecule has 0 spiro atoms. The van der Waals surface area contributed by atoms with Gasteiger partial charge in [0.05, 0.1) is 0 Å². The molecule has 1 aromatic rings. The Morgan fingerprint density at radius 2 is 1.84 bits per heavy atom. The fraction of sp³-hybridized carbons (Fsp3) is 0.571. The van der Waals surface area contributed by atoms with Crippen LogP contribution < -0.4 is 10.1 Å². The first kappa shape index (κ1) is 15.9. The molecule has 0 fully saturated rings. The summed E-state index contributed by atoms with van der Waals surface area (Å²) < 4.78 is 33.5. The fourth-order valence-corrected chi connectivity index (χ4v) is 2.11. The summed E-state index contributed by atoms with van der Waals surface area (Å²) in [6.45, 7) is 0.0435. The SMILES string of the molecule is CNC(c1ccc(OC(F)F)cc1)C(C)CCOC. The van der Waals surface area contributed by atoms with Gasteiger partial charge < -0.3 is 14.8 Å². The third-order valence-electron chi connectivity index (χ3n) is 3.12. The summed E-state index contributed by atoms with van der Waals surface area (Å²) in [4.78, 5) is 0. The van der Waals surface area contributed by atoms with E-state index in [0.717, 1.165) is 12.0 Å². The number of rotatable bonds is 8. The first-order valence-electron chi connectivity index (χ1n) is 6.29. The third kappa shape index (κ3) is 5.12. The number of ether oxygens (including phenoxy) is 2. The summed E-state index contributed by atoms with van der Waals surface area (Å²) in [7, 11) is 3.56. The molecule has 1 rings (SSSR count). The Labute approximate surface area is 112 Å². The molecule has 19 heavy (non-hydrogen) atoms. The lowest BCUT2D eigenvalue weighted by Crippen LogP contribution is -2.24. The minimum Gasteiger partial charge on any atom is -0.435 e. The van der Waals surface area contributed by atoms with Crippen molar-refractivity contribution in [2.45, 2.75) is 26.0 Å². The van der Waals surface area contributed by atoms with Gasteiger partial charge in [0, 0.05) is 19.8 Å². The Balaban J connectivity index is 2.70. The van der Waals surface area contributed by atoms with Gasteiger partial charge in [-0.3, -0.25) is 0 Å². The van der Waals surface area contributed by atoms with Gasteiger partial charge >= 0.3 is 6.61 Å². The number of nitrogens with one attached hydrogen (secondary N) is 1. The van der Waals surface area contributed by atoms with E-state index >= 15 is 0 Å². The van der Waals surface area contributed by atoms with Crippen molar-refractivity contribution < 1.29 is 18.3 Å². The molecule has 0 aliphatic carbocycles. The number of methoxy groups -OCH3 is 1. The summed E-state index contributed by atoms with van der Waals surface area (Å²) in [6, 6.07) is 6.91. The summed E-state index contributed by atoms with van der Waals surface area (Å²) in [5.74, 6) is 0.560. The van der Waals surface area contributed by atoms with Crippen LogP contribution >= 0.6 is 0 Å². The molecule has 2 atom stereocenters. The quantitative estimate of drug-likeness (QED) is 0.789. The van der Waals surface area contributed by atoms with Gasteiger partial charge in [0.1, 0.15) is 5.75 Å². The molecule has 0 heterocycles. The van der Waals surface area contributed by atoms with Gasteiger partial charge in [-0.05, 0) is 37.1 Å². The first-order chi connectivity index (χ1) is 9.08. The minimum absolute atomic E-state index is 0.163. The zero-order valence-electron chi connectivity index (χ0n) is 11.5. The summed E-state index contributed by atoms with van der Waals surface area (Å²) >= 11 is 0. The molecule has 3 nitrogen and oxygen atoms in total. The van der Waals surface area contributed by atoms with Gasteiger partial charge in [-0.15, -0.1) is 0 Å². The molecular weight excluding hydrogens is 252 g/mol. The second-order valence-corrected chi connectivity index (χ2v) is 4.47. The number of alkyl halides is 2. The van der Waals surface area contributed by atoms with E-state index in [0.29, 0.717) is 12.5 Å². The lowest BCUT2D eigenvalue weighted by molar-refractivity contribution is -0.0498. The monoisotopic (exact) mass is 273 g/mol. The molecule has 0 aliphatic rings. The number of halogens is 2. The van der Waals surface area contributed by atoms with Crippen molar-refractivity contribution >= 4 is 0 Å². The van der Waals surface area contributed by atoms with Gasteiger partial charge in [-0.1, -0.05) is 19.1 Å². The predicted octanol–water partition coefficient (Wildman–Crippen LogP) is 3.22. The molecule has 0 radical (unpaired) electrons. The van der Waals surface area contributed by atoms with Crippen LogP contribution in [0, 0.1) is 5.92 Å². The van der Waals surface area contributed by atoms with Crippen LogP contribution in [0.4, 0.5) is 8.78 Å². The topological polar surface area (TPSA) is 30.5 Å². The Morgan fingerprint density at radius 1 is 1.21 bits per heavy atom. The van der Waals surface area contributed by atoms with Crippen LogP contribution in [0.15, 0.2) is 24.3 Å². The van der Waals surface area contributed by atoms with Gasteiger partial charge in [0.2, 0.25) is 0 Å². The van der Waals surface area contributed by atoms with E-state index in [-0.39, 0.29) is 11.8 Å². The van der Waals surface area contributed by atoms with Crippen LogP contribution in [0.3, 0.4) is 0 Å². The average molecular weight is 273 g/mol. The lowest BCUT2D eigenvalue weighted by atomic mass is 9.92. The van der Waals surface area contributed by atoms with E-state index < -0.39 is 6.61 Å². The van der Waals surface area contributed by atoms with Gasteiger partial charge in [0.25, 0.3) is 0 Å². The Bertz CT molecular complexity index is 357. The van der Waals surface area contributed by atoms with Crippen molar-refractivity contribution in [2.75, 3.05) is 20.8 Å². The van der Waals surface area contributed by atoms with Crippen molar-refractivity contribution in [1.82, 2.24) is 5.32 Å². The van der Waals surface area contributed by atoms with E-state index in [1.807, 2.05) is 19.2 Å². The van der Waals surface area contributed by atoms with Crippen molar-refractivity contribution in [3.63, 3.8) is 0 Å². The Morgan fingerprint density at radius 3 is 2.32 bits per heavy atom. The number of hydrogen-bond acceptors (Lipinski definition) is 3. The highest BCUT2D eigenvalue weighted by atomic mass is 19.3. The highest BCUT2D eigenvalue weighted by molar-refractivity contribution is 5.29. The average Bonchev–Trinajstić information content (AvgIpc) is 2.38. The van der Waals surface area contributed by atoms with E-state index in [4.69, 9.17) is 4.74 Å². The van der Waals surface area contributed by atoms with Crippen molar-refractivity contribution in [3.8, 4) is 5.75 Å². The smallest absolute Gasteiger partial charge is 0.387 e. The molecule has 1 aromatic carbocycles. The lowest BCUT2D eigenvalue weighted by Gasteiger charge is -2.24. The fourth-order valence-electron chi connectivity index (χ4n) is 2.11. The molecule has 108 valence electrons. The van der Waals surface area contributed by atoms with E-state index in [1.165, 1.54) is 0 Å². The largest absolute Gasteiger partial charge is 0.435 e. The molecular formula is C14H21F2NO2. The van der Waals surface area contributed by atoms with Crippen molar-refractivity contribution in [1.29, 1.82) is 0 Å². The molecule has 2 unspecified atom stereocenters. The number of hydrogen-bond donors (Lipinski definition) is 1. The minimum atomic E-state index is -2.79. The highest BCUT2D eigenvalue weighted by Gasteiger charge is 2.17. The number of benzene rings is 1. The van der Waals surface area contributed by atoms with Crippen LogP contribution in [-0.4, -0.2) is 27.4 Å². The summed E-state index contributed by atoms with van der Waals surface area (Å²) in [5.41, 5.74) is 1.05. The molecule has 0 saturated heterocycles. The van der Waals surface area contributed by atoms with E-state index in [2.05, 4.69) is 17.0 Å². The van der Waals surface area contributed by atoms with Crippen LogP contribution in [0.25, 0.3) is 0 Å². The van der Waals surface area contributed by atoms with Crippen LogP contribution in [-0.2, 0) is 4.74 Å². The zero-order chi connectivity index (χ0) is 14.3. The highest BCUT2D eigenvalue weighted by Crippen LogP contribution is 2.26. The summed E-state index contributed by atoms with van der Waals surface area (Å²) in [6.07, 6.45) is 0.928. The molecule has 0 aliphatic heterocycles. The summed E-state index contributed by atoms with van der Waals surface area (Å²) in [5, 5.41) is 3.24. The Kier molecular flexibility index (Phi) is 6.73. The zero-order valence-corrected chi connectivity index (χ0v) is 11.5. The van der Waals surface area contributed by atoms with Gasteiger partial charge in [-0.25, -0.2) is 0 Å². The predicted molar refractivity (Wildman–Crippen MR) is 70.5 cm³/mol. The Hall–Kier alpha value is -1.20. The van der Waals surface area contributed by atoms with Crippen molar-refractivity contribution in [2.24, 2.45) is 5.92 Å². The van der Waals surface area contributed by atoms with Crippen molar-refractivity contribution in [3.05, 3.63) is 29.8 Å². The molecule has 5 heteroatoms. The van der Waals surface area contributed by atoms with E-state index in [1.54, 1.807) is 19.2 Å². The molecule has 0 aromatic heterocycles. The maximum Gasteiger partial charge on any atom is 0.387 e. The maximum atomic E-state index is 12.1. The standard InChI is InChI=1S/C14H21F2NO2/c1-10(8-9-18-3)13(17-2)11-4-6-12(7-5-11)19-14(15)16/h4-7,10,13-14,17H,8-9H2,1-3H3. The van der Waals surface area contributed by atoms with E-state index in [9.17, 15) is 8.78 Å². The molecule has 1 N–H and O–H groups in total. The first-order valence-corrected chi connectivity index (χ1v) is 6.29. The normalized spacial score (nSPS) is 14.4. The van der Waals surface area contributed by atoms with Crippen LogP contribution in [0.2, 0.25) is 0 Å². The third-order valence-corrected chi connectivity index (χ3v) is 3.12. The second kappa shape index (κ2) is 8.07. The maximum absolute atomic E-state index is 12.1. The van der Waals surface area contributed by atoms with Gasteiger partial charge in [-0.2, -0.15) is 8.78 Å².